The van der Waals surface area contributed by atoms with E-state index in [0.717, 1.165) is 24.1 Å². The van der Waals surface area contributed by atoms with E-state index in [1.54, 1.807) is 37.9 Å². The van der Waals surface area contributed by atoms with Crippen molar-refractivity contribution in [1.29, 1.82) is 0 Å². The SMILES string of the molecule is COc1ccc2c(O[C@@H]3C[C@H]4C(=O)N[C@]5(C(=O)NS(=O)(=O)C6(C)CC6)C[C@H]5/C=C\CCCCC[C@H](NC(=O)c5cc(C)n(C)n5)C(=O)N4C3)cc(OC(C)C)nc2c1C. The van der Waals surface area contributed by atoms with Crippen molar-refractivity contribution in [2.75, 3.05) is 13.7 Å². The van der Waals surface area contributed by atoms with E-state index in [9.17, 15) is 27.6 Å². The van der Waals surface area contributed by atoms with Gasteiger partial charge in [-0.3, -0.25) is 28.6 Å². The number of hydrogen-bond acceptors (Lipinski definition) is 11. The summed E-state index contributed by atoms with van der Waals surface area (Å²) in [7, 11) is -0.705. The largest absolute Gasteiger partial charge is 0.496 e. The number of sulfonamides is 1. The number of methoxy groups -OCH3 is 1. The van der Waals surface area contributed by atoms with Crippen LogP contribution in [0.4, 0.5) is 0 Å². The van der Waals surface area contributed by atoms with Gasteiger partial charge >= 0.3 is 0 Å². The molecule has 5 atom stereocenters. The van der Waals surface area contributed by atoms with Crippen molar-refractivity contribution in [2.24, 2.45) is 13.0 Å². The summed E-state index contributed by atoms with van der Waals surface area (Å²) >= 11 is 0. The summed E-state index contributed by atoms with van der Waals surface area (Å²) in [4.78, 5) is 63.1. The van der Waals surface area contributed by atoms with E-state index in [2.05, 4.69) is 20.5 Å². The molecule has 17 heteroatoms. The van der Waals surface area contributed by atoms with Crippen LogP contribution in [0.15, 0.2) is 36.4 Å². The predicted molar refractivity (Wildman–Crippen MR) is 218 cm³/mol. The molecule has 0 unspecified atom stereocenters. The Morgan fingerprint density at radius 3 is 2.51 bits per heavy atom. The standard InChI is InChI=1S/C42H55N7O9S/c1-24(2)57-35-21-34(29-15-16-33(56-7)26(4)36(29)44-35)58-28-20-32-38(51)45-42(40(53)47-59(54,55)41(5)17-18-41)22-27(42)13-11-9-8-10-12-14-30(39(52)49(32)23-28)43-37(50)31-19-25(3)48(6)46-31/h11,13,15-16,19,21,24,27-28,30,32H,8-10,12,14,17-18,20,22-23H2,1-7H3,(H,43,50)(H,45,51)(H,47,53)/b13-11-/t27-,28-,30+,32+,42-/m1/s1. The van der Waals surface area contributed by atoms with E-state index in [4.69, 9.17) is 19.2 Å². The Hall–Kier alpha value is -5.19. The molecule has 1 aromatic carbocycles. The summed E-state index contributed by atoms with van der Waals surface area (Å²) in [5, 5.41) is 10.8. The molecule has 2 aliphatic carbocycles. The van der Waals surface area contributed by atoms with Crippen LogP contribution in [0.3, 0.4) is 0 Å². The van der Waals surface area contributed by atoms with Crippen molar-refractivity contribution >= 4 is 44.6 Å². The quantitative estimate of drug-likeness (QED) is 0.250. The average Bonchev–Trinajstić information content (AvgIpc) is 4.01. The van der Waals surface area contributed by atoms with Gasteiger partial charge in [0.2, 0.25) is 27.7 Å². The fourth-order valence-electron chi connectivity index (χ4n) is 8.01. The number of allylic oxidation sites excluding steroid dienone is 1. The Morgan fingerprint density at radius 2 is 1.83 bits per heavy atom. The zero-order chi connectivity index (χ0) is 42.4. The second-order valence-electron chi connectivity index (χ2n) is 16.9. The third-order valence-electron chi connectivity index (χ3n) is 12.1. The fraction of sp³-hybridized carbons (Fsp3) is 0.571. The first-order valence-corrected chi connectivity index (χ1v) is 21.9. The minimum atomic E-state index is -4.01. The molecule has 4 aliphatic rings. The minimum Gasteiger partial charge on any atom is -0.496 e. The zero-order valence-corrected chi connectivity index (χ0v) is 35.6. The maximum Gasteiger partial charge on any atom is 0.272 e. The number of aromatic nitrogens is 3. The molecule has 3 aromatic rings. The van der Waals surface area contributed by atoms with Crippen LogP contribution < -0.4 is 29.6 Å². The van der Waals surface area contributed by atoms with Crippen molar-refractivity contribution in [3.63, 3.8) is 0 Å². The number of rotatable bonds is 10. The van der Waals surface area contributed by atoms with Crippen LogP contribution in [-0.2, 0) is 31.5 Å². The first kappa shape index (κ1) is 42.0. The lowest BCUT2D eigenvalue weighted by atomic mass is 10.0. The normalized spacial score (nSPS) is 26.1. The highest BCUT2D eigenvalue weighted by Crippen LogP contribution is 2.47. The number of hydrogen-bond donors (Lipinski definition) is 3. The summed E-state index contributed by atoms with van der Waals surface area (Å²) < 4.78 is 47.6. The Labute approximate surface area is 344 Å². The van der Waals surface area contributed by atoms with Crippen LogP contribution in [0, 0.1) is 19.8 Å². The summed E-state index contributed by atoms with van der Waals surface area (Å²) in [6.07, 6.45) is 7.16. The maximum absolute atomic E-state index is 14.8. The van der Waals surface area contributed by atoms with E-state index in [0.29, 0.717) is 60.4 Å². The fourth-order valence-corrected chi connectivity index (χ4v) is 9.32. The third kappa shape index (κ3) is 8.48. The van der Waals surface area contributed by atoms with E-state index in [1.807, 2.05) is 52.0 Å². The lowest BCUT2D eigenvalue weighted by Gasteiger charge is -2.30. The number of carbonyl (C=O) groups excluding carboxylic acids is 4. The highest BCUT2D eigenvalue weighted by atomic mass is 32.2. The summed E-state index contributed by atoms with van der Waals surface area (Å²) in [5.74, 6) is -1.50. The molecular formula is C42H55N7O9S. The van der Waals surface area contributed by atoms with Gasteiger partial charge in [-0.2, -0.15) is 5.10 Å². The van der Waals surface area contributed by atoms with Crippen LogP contribution in [0.1, 0.15) is 100 Å². The van der Waals surface area contributed by atoms with Gasteiger partial charge in [-0.1, -0.05) is 25.0 Å². The Kier molecular flexibility index (Phi) is 11.5. The van der Waals surface area contributed by atoms with Crippen LogP contribution in [-0.4, -0.2) is 99.9 Å². The van der Waals surface area contributed by atoms with Gasteiger partial charge in [-0.05, 0) is 91.3 Å². The molecule has 2 aliphatic heterocycles. The molecule has 2 saturated carbocycles. The van der Waals surface area contributed by atoms with Crippen molar-refractivity contribution in [3.8, 4) is 17.4 Å². The third-order valence-corrected chi connectivity index (χ3v) is 14.3. The molecule has 4 heterocycles. The van der Waals surface area contributed by atoms with Crippen LogP contribution in [0.5, 0.6) is 17.4 Å². The smallest absolute Gasteiger partial charge is 0.272 e. The number of aryl methyl sites for hydroxylation is 3. The number of nitrogens with zero attached hydrogens (tertiary/aromatic N) is 4. The topological polar surface area (TPSA) is 200 Å². The lowest BCUT2D eigenvalue weighted by molar-refractivity contribution is -0.141. The van der Waals surface area contributed by atoms with Crippen LogP contribution >= 0.6 is 0 Å². The molecule has 1 saturated heterocycles. The lowest BCUT2D eigenvalue weighted by Crippen LogP contribution is -2.58. The highest BCUT2D eigenvalue weighted by molar-refractivity contribution is 7.91. The van der Waals surface area contributed by atoms with Crippen LogP contribution in [0.2, 0.25) is 0 Å². The van der Waals surface area contributed by atoms with Gasteiger partial charge in [0.15, 0.2) is 0 Å². The monoisotopic (exact) mass is 833 g/mol. The first-order chi connectivity index (χ1) is 27.9. The molecule has 16 nitrogen and oxygen atoms in total. The second kappa shape index (κ2) is 16.1. The van der Waals surface area contributed by atoms with E-state index < -0.39 is 68.0 Å². The Balaban J connectivity index is 1.24. The molecule has 318 valence electrons. The number of pyridine rings is 1. The molecule has 2 aromatic heterocycles. The van der Waals surface area contributed by atoms with Gasteiger partial charge in [-0.25, -0.2) is 13.4 Å². The summed E-state index contributed by atoms with van der Waals surface area (Å²) in [6.45, 7) is 9.04. The van der Waals surface area contributed by atoms with Gasteiger partial charge in [0.25, 0.3) is 11.8 Å². The zero-order valence-electron chi connectivity index (χ0n) is 34.8. The maximum atomic E-state index is 14.8. The highest BCUT2D eigenvalue weighted by Gasteiger charge is 2.63. The molecule has 0 bridgehead atoms. The van der Waals surface area contributed by atoms with E-state index in [1.165, 1.54) is 4.90 Å². The average molecular weight is 834 g/mol. The minimum absolute atomic E-state index is 0.0272. The molecule has 4 amide bonds. The number of fused-ring (bicyclic) bond motifs is 3. The number of nitrogens with one attached hydrogen (secondary N) is 3. The molecule has 7 rings (SSSR count). The number of ether oxygens (including phenoxy) is 3. The molecule has 3 N–H and O–H groups in total. The van der Waals surface area contributed by atoms with E-state index in [-0.39, 0.29) is 31.2 Å². The van der Waals surface area contributed by atoms with Gasteiger partial charge < -0.3 is 29.7 Å². The molecule has 0 radical (unpaired) electrons. The van der Waals surface area contributed by atoms with Crippen LogP contribution in [0.25, 0.3) is 10.9 Å². The van der Waals surface area contributed by atoms with Crippen molar-refractivity contribution < 1.29 is 41.8 Å². The molecule has 3 fully saturated rings. The predicted octanol–water partition coefficient (Wildman–Crippen LogP) is 3.92. The molecule has 59 heavy (non-hydrogen) atoms. The van der Waals surface area contributed by atoms with E-state index >= 15 is 0 Å². The van der Waals surface area contributed by atoms with Crippen molar-refractivity contribution in [2.45, 2.75) is 127 Å². The summed E-state index contributed by atoms with van der Waals surface area (Å²) in [5.41, 5.74) is 0.763. The summed E-state index contributed by atoms with van der Waals surface area (Å²) in [6, 6.07) is 4.84. The molecular weight excluding hydrogens is 779 g/mol. The molecule has 0 spiro atoms. The van der Waals surface area contributed by atoms with Crippen molar-refractivity contribution in [1.82, 2.24) is 35.0 Å². The van der Waals surface area contributed by atoms with Crippen molar-refractivity contribution in [3.05, 3.63) is 53.4 Å². The van der Waals surface area contributed by atoms with Gasteiger partial charge in [-0.15, -0.1) is 0 Å². The Morgan fingerprint density at radius 1 is 1.07 bits per heavy atom. The van der Waals surface area contributed by atoms with Gasteiger partial charge in [0.05, 0.1) is 30.0 Å². The first-order valence-electron chi connectivity index (χ1n) is 20.4. The number of amides is 4. The second-order valence-corrected chi connectivity index (χ2v) is 19.1. The Bertz CT molecular complexity index is 2280. The number of benzene rings is 1. The number of carbonyl (C=O) groups is 4. The van der Waals surface area contributed by atoms with Gasteiger partial charge in [0.1, 0.15) is 40.9 Å². The van der Waals surface area contributed by atoms with Gasteiger partial charge in [0, 0.05) is 42.1 Å².